The summed E-state index contributed by atoms with van der Waals surface area (Å²) in [5.41, 5.74) is 5.48. The molecule has 0 bridgehead atoms. The number of aromatic nitrogens is 2. The number of hydrogen-bond acceptors (Lipinski definition) is 7. The third-order valence-corrected chi connectivity index (χ3v) is 6.49. The highest BCUT2D eigenvalue weighted by Gasteiger charge is 2.34. The quantitative estimate of drug-likeness (QED) is 0.401. The van der Waals surface area contributed by atoms with Crippen LogP contribution in [0.5, 0.6) is 0 Å². The van der Waals surface area contributed by atoms with Gasteiger partial charge in [0.05, 0.1) is 21.2 Å². The summed E-state index contributed by atoms with van der Waals surface area (Å²) < 4.78 is 39.4. The number of nitrogens with two attached hydrogens (primary N) is 1. The number of pyridine rings is 2. The molecule has 3 rings (SSSR count). The minimum atomic E-state index is -4.68. The third kappa shape index (κ3) is 6.95. The molecule has 182 valence electrons. The van der Waals surface area contributed by atoms with Crippen molar-refractivity contribution in [3.63, 3.8) is 0 Å². The molecule has 2 aromatic heterocycles. The molecule has 0 radical (unpaired) electrons. The molecule has 0 saturated heterocycles. The summed E-state index contributed by atoms with van der Waals surface area (Å²) in [5, 5.41) is 15.4. The monoisotopic (exact) mass is 513 g/mol. The molecule has 34 heavy (non-hydrogen) atoms. The average Bonchev–Trinajstić information content (AvgIpc) is 2.74. The first-order valence-electron chi connectivity index (χ1n) is 10.3. The van der Waals surface area contributed by atoms with Crippen molar-refractivity contribution in [2.75, 3.05) is 11.1 Å². The molecular formula is C22H23ClF3N5O2S. The highest BCUT2D eigenvalue weighted by molar-refractivity contribution is 8.07. The molecule has 0 saturated carbocycles. The average molecular weight is 514 g/mol. The molecule has 0 fully saturated rings. The van der Waals surface area contributed by atoms with E-state index in [9.17, 15) is 23.1 Å². The van der Waals surface area contributed by atoms with Gasteiger partial charge < -0.3 is 16.2 Å². The third-order valence-electron chi connectivity index (χ3n) is 4.86. The number of alkyl halides is 3. The number of nitrogen functional groups attached to an aromatic ring is 1. The van der Waals surface area contributed by atoms with Gasteiger partial charge in [-0.05, 0) is 44.4 Å². The van der Waals surface area contributed by atoms with Crippen LogP contribution in [0, 0.1) is 0 Å². The Morgan fingerprint density at radius 3 is 2.71 bits per heavy atom. The summed E-state index contributed by atoms with van der Waals surface area (Å²) in [6, 6.07) is 3.50. The smallest absolute Gasteiger partial charge is 0.399 e. The van der Waals surface area contributed by atoms with Crippen molar-refractivity contribution in [2.24, 2.45) is 0 Å². The Balaban J connectivity index is 1.72. The van der Waals surface area contributed by atoms with Crippen molar-refractivity contribution in [1.29, 1.82) is 0 Å². The van der Waals surface area contributed by atoms with E-state index in [0.29, 0.717) is 28.8 Å². The number of rotatable bonds is 6. The number of aliphatic hydroxyl groups is 1. The van der Waals surface area contributed by atoms with Gasteiger partial charge in [0.2, 0.25) is 0 Å². The minimum Gasteiger partial charge on any atom is -0.399 e. The molecule has 1 aliphatic rings. The van der Waals surface area contributed by atoms with E-state index < -0.39 is 28.9 Å². The zero-order chi connectivity index (χ0) is 24.9. The molecule has 5 N–H and O–H groups in total. The highest BCUT2D eigenvalue weighted by Crippen LogP contribution is 2.36. The lowest BCUT2D eigenvalue weighted by Gasteiger charge is -2.23. The second kappa shape index (κ2) is 11.2. The van der Waals surface area contributed by atoms with E-state index in [1.165, 1.54) is 18.0 Å². The van der Waals surface area contributed by atoms with E-state index in [1.54, 1.807) is 18.2 Å². The molecule has 2 aromatic rings. The van der Waals surface area contributed by atoms with E-state index >= 15 is 0 Å². The lowest BCUT2D eigenvalue weighted by molar-refractivity contribution is -0.137. The van der Waals surface area contributed by atoms with Crippen molar-refractivity contribution in [3.05, 3.63) is 68.8 Å². The summed E-state index contributed by atoms with van der Waals surface area (Å²) in [6.07, 6.45) is 2.44. The molecule has 0 aliphatic carbocycles. The number of halogens is 4. The first-order valence-corrected chi connectivity index (χ1v) is 11.5. The number of nitrogens with zero attached hydrogens (tertiary/aromatic N) is 2. The Morgan fingerprint density at radius 2 is 2.00 bits per heavy atom. The number of carbonyl (C=O) groups excluding carboxylic acids is 1. The topological polar surface area (TPSA) is 113 Å². The number of aliphatic hydroxyl groups excluding tert-OH is 1. The van der Waals surface area contributed by atoms with Gasteiger partial charge >= 0.3 is 6.18 Å². The van der Waals surface area contributed by atoms with Crippen LogP contribution >= 0.6 is 23.4 Å². The van der Waals surface area contributed by atoms with Gasteiger partial charge in [-0.15, -0.1) is 0 Å². The van der Waals surface area contributed by atoms with E-state index in [0.717, 1.165) is 23.9 Å². The fraction of sp³-hybridized carbons (Fsp3) is 0.318. The number of carbonyl (C=O) groups is 1. The van der Waals surface area contributed by atoms with E-state index in [-0.39, 0.29) is 11.9 Å². The maximum atomic E-state index is 13.1. The number of allylic oxidation sites excluding steroid dienone is 2. The number of hydrogen-bond donors (Lipinski definition) is 4. The van der Waals surface area contributed by atoms with Crippen LogP contribution in [0.3, 0.4) is 0 Å². The van der Waals surface area contributed by atoms with Gasteiger partial charge in [-0.2, -0.15) is 13.2 Å². The largest absolute Gasteiger partial charge is 0.418 e. The van der Waals surface area contributed by atoms with Gasteiger partial charge in [-0.1, -0.05) is 35.5 Å². The summed E-state index contributed by atoms with van der Waals surface area (Å²) in [5.74, 6) is -0.851. The molecule has 2 unspecified atom stereocenters. The fourth-order valence-corrected chi connectivity index (χ4v) is 4.39. The fourth-order valence-electron chi connectivity index (χ4n) is 3.13. The molecule has 0 spiro atoms. The van der Waals surface area contributed by atoms with Crippen LogP contribution in [0.4, 0.5) is 24.7 Å². The second-order valence-electron chi connectivity index (χ2n) is 7.51. The SMILES string of the molecule is CC(NC(O)c1cc(N)ccn1)C1=CCCC/C=C(/C(=O)Nc2cc(C(F)(F)F)c(Cl)cn2)S1. The molecule has 12 heteroatoms. The minimum absolute atomic E-state index is 0.259. The lowest BCUT2D eigenvalue weighted by Crippen LogP contribution is -2.32. The molecule has 0 aromatic carbocycles. The van der Waals surface area contributed by atoms with Gasteiger partial charge in [0.15, 0.2) is 0 Å². The van der Waals surface area contributed by atoms with Crippen LogP contribution in [0.1, 0.15) is 43.7 Å². The van der Waals surface area contributed by atoms with Crippen LogP contribution in [0.25, 0.3) is 0 Å². The van der Waals surface area contributed by atoms with Crippen LogP contribution in [0.2, 0.25) is 5.02 Å². The Labute approximate surface area is 203 Å². The zero-order valence-electron chi connectivity index (χ0n) is 18.1. The first kappa shape index (κ1) is 26.0. The zero-order valence-corrected chi connectivity index (χ0v) is 19.6. The maximum absolute atomic E-state index is 13.1. The summed E-state index contributed by atoms with van der Waals surface area (Å²) in [4.78, 5) is 21.8. The number of nitrogens with one attached hydrogen (secondary N) is 2. The molecular weight excluding hydrogens is 491 g/mol. The van der Waals surface area contributed by atoms with Crippen molar-refractivity contribution >= 4 is 40.8 Å². The van der Waals surface area contributed by atoms with Crippen LogP contribution in [-0.4, -0.2) is 27.0 Å². The predicted molar refractivity (Wildman–Crippen MR) is 127 cm³/mol. The normalized spacial score (nSPS) is 18.1. The molecule has 1 aliphatic heterocycles. The number of amides is 1. The molecule has 2 atom stereocenters. The van der Waals surface area contributed by atoms with Crippen molar-refractivity contribution in [2.45, 2.75) is 44.6 Å². The van der Waals surface area contributed by atoms with Crippen LogP contribution < -0.4 is 16.4 Å². The van der Waals surface area contributed by atoms with Crippen LogP contribution in [0.15, 0.2) is 52.6 Å². The summed E-state index contributed by atoms with van der Waals surface area (Å²) in [6.45, 7) is 1.82. The Hall–Kier alpha value is -2.60. The van der Waals surface area contributed by atoms with Gasteiger partial charge in [0.1, 0.15) is 12.0 Å². The molecule has 3 heterocycles. The Morgan fingerprint density at radius 1 is 1.26 bits per heavy atom. The van der Waals surface area contributed by atoms with Gasteiger partial charge in [0, 0.05) is 29.0 Å². The Bertz CT molecular complexity index is 1110. The predicted octanol–water partition coefficient (Wildman–Crippen LogP) is 5.02. The maximum Gasteiger partial charge on any atom is 0.418 e. The van der Waals surface area contributed by atoms with Crippen molar-refractivity contribution in [3.8, 4) is 0 Å². The van der Waals surface area contributed by atoms with E-state index in [4.69, 9.17) is 17.3 Å². The number of anilines is 2. The van der Waals surface area contributed by atoms with E-state index in [1.807, 2.05) is 13.0 Å². The first-order chi connectivity index (χ1) is 16.0. The highest BCUT2D eigenvalue weighted by atomic mass is 35.5. The Kier molecular flexibility index (Phi) is 8.58. The molecule has 1 amide bonds. The summed E-state index contributed by atoms with van der Waals surface area (Å²) >= 11 is 6.77. The van der Waals surface area contributed by atoms with Crippen molar-refractivity contribution in [1.82, 2.24) is 15.3 Å². The van der Waals surface area contributed by atoms with Gasteiger partial charge in [-0.25, -0.2) is 4.98 Å². The standard InChI is InChI=1S/C22H23ClF3N5O2S/c1-12(30-20(32)16-9-13(27)7-8-28-16)17-5-3-2-4-6-18(34-17)21(33)31-19-10-14(22(24,25)26)15(23)11-29-19/h5-12,20,30,32H,2-4H2,1H3,(H2,27,28)(H,29,31,33)/b17-5?,18-6-. The lowest BCUT2D eigenvalue weighted by atomic mass is 10.1. The summed E-state index contributed by atoms with van der Waals surface area (Å²) in [7, 11) is 0. The van der Waals surface area contributed by atoms with Crippen LogP contribution in [-0.2, 0) is 11.0 Å². The second-order valence-corrected chi connectivity index (χ2v) is 9.04. The van der Waals surface area contributed by atoms with E-state index in [2.05, 4.69) is 20.6 Å². The molecule has 7 nitrogen and oxygen atoms in total. The van der Waals surface area contributed by atoms with Gasteiger partial charge in [0.25, 0.3) is 5.91 Å². The van der Waals surface area contributed by atoms with Crippen molar-refractivity contribution < 1.29 is 23.1 Å². The van der Waals surface area contributed by atoms with Gasteiger partial charge in [-0.3, -0.25) is 15.1 Å². The number of thioether (sulfide) groups is 1.